The van der Waals surface area contributed by atoms with Crippen LogP contribution in [0.15, 0.2) is 30.3 Å². The van der Waals surface area contributed by atoms with Crippen molar-refractivity contribution < 1.29 is 18.0 Å². The molecule has 0 spiro atoms. The molecule has 0 bridgehead atoms. The fourth-order valence-electron chi connectivity index (χ4n) is 2.25. The van der Waals surface area contributed by atoms with Gasteiger partial charge in [-0.1, -0.05) is 30.3 Å². The van der Waals surface area contributed by atoms with Crippen molar-refractivity contribution in [1.29, 1.82) is 0 Å². The molecule has 0 aliphatic heterocycles. The van der Waals surface area contributed by atoms with Gasteiger partial charge in [0.2, 0.25) is 5.91 Å². The van der Waals surface area contributed by atoms with Gasteiger partial charge in [-0.05, 0) is 24.3 Å². The largest absolute Gasteiger partial charge is 0.407 e. The molecule has 1 aliphatic carbocycles. The Kier molecular flexibility index (Phi) is 5.42. The average molecular weight is 315 g/mol. The molecule has 1 saturated carbocycles. The van der Waals surface area contributed by atoms with Crippen LogP contribution in [0.2, 0.25) is 0 Å². The lowest BCUT2D eigenvalue weighted by Crippen LogP contribution is -2.44. The van der Waals surface area contributed by atoms with Gasteiger partial charge in [-0.2, -0.15) is 13.2 Å². The van der Waals surface area contributed by atoms with Gasteiger partial charge in [0, 0.05) is 12.6 Å². The summed E-state index contributed by atoms with van der Waals surface area (Å²) in [6, 6.07) is 5.49. The molecule has 0 aromatic heterocycles. The average Bonchev–Trinajstić information content (AvgIpc) is 3.29. The lowest BCUT2D eigenvalue weighted by atomic mass is 10.1. The molecule has 2 atom stereocenters. The van der Waals surface area contributed by atoms with E-state index in [9.17, 15) is 18.0 Å². The van der Waals surface area contributed by atoms with Crippen LogP contribution in [0.3, 0.4) is 0 Å². The Labute approximate surface area is 127 Å². The molecule has 1 fully saturated rings. The first-order valence-corrected chi connectivity index (χ1v) is 7.25. The van der Waals surface area contributed by atoms with Crippen LogP contribution in [0.1, 0.15) is 24.4 Å². The number of hydrogen-bond donors (Lipinski definition) is 3. The zero-order chi connectivity index (χ0) is 16.2. The second-order valence-corrected chi connectivity index (χ2v) is 5.57. The van der Waals surface area contributed by atoms with E-state index < -0.39 is 24.7 Å². The number of hydrogen-bond acceptors (Lipinski definition) is 3. The monoisotopic (exact) mass is 315 g/mol. The van der Waals surface area contributed by atoms with Gasteiger partial charge in [-0.3, -0.25) is 10.1 Å². The fraction of sp³-hybridized carbons (Fsp3) is 0.533. The molecule has 0 radical (unpaired) electrons. The van der Waals surface area contributed by atoms with Crippen molar-refractivity contribution in [2.75, 3.05) is 13.1 Å². The number of benzene rings is 1. The van der Waals surface area contributed by atoms with Crippen LogP contribution >= 0.6 is 0 Å². The van der Waals surface area contributed by atoms with E-state index in [1.165, 1.54) is 24.3 Å². The number of nitrogens with one attached hydrogen (secondary N) is 2. The summed E-state index contributed by atoms with van der Waals surface area (Å²) in [6.07, 6.45) is -2.36. The van der Waals surface area contributed by atoms with Crippen LogP contribution in [0.25, 0.3) is 0 Å². The van der Waals surface area contributed by atoms with Gasteiger partial charge in [0.15, 0.2) is 0 Å². The van der Waals surface area contributed by atoms with Gasteiger partial charge in [-0.15, -0.1) is 0 Å². The minimum Gasteiger partial charge on any atom is -0.353 e. The Bertz CT molecular complexity index is 489. The standard InChI is InChI=1S/C15H20F3N3O/c16-15(17,18)14(11-4-2-1-3-5-11)21-9-13(22)20-8-12(19)10-6-7-10/h1-5,10,12,14,21H,6-9,19H2,(H,20,22). The van der Waals surface area contributed by atoms with Gasteiger partial charge in [0.1, 0.15) is 6.04 Å². The number of alkyl halides is 3. The molecule has 122 valence electrons. The summed E-state index contributed by atoms with van der Waals surface area (Å²) in [5.74, 6) is -0.0539. The molecular weight excluding hydrogens is 295 g/mol. The second kappa shape index (κ2) is 7.11. The highest BCUT2D eigenvalue weighted by Gasteiger charge is 2.40. The minimum atomic E-state index is -4.47. The molecule has 1 aromatic carbocycles. The van der Waals surface area contributed by atoms with E-state index >= 15 is 0 Å². The van der Waals surface area contributed by atoms with Crippen molar-refractivity contribution in [3.05, 3.63) is 35.9 Å². The van der Waals surface area contributed by atoms with Gasteiger partial charge in [0.25, 0.3) is 0 Å². The van der Waals surface area contributed by atoms with Crippen molar-refractivity contribution in [1.82, 2.24) is 10.6 Å². The van der Waals surface area contributed by atoms with E-state index in [2.05, 4.69) is 10.6 Å². The second-order valence-electron chi connectivity index (χ2n) is 5.57. The van der Waals surface area contributed by atoms with Crippen LogP contribution in [0.4, 0.5) is 13.2 Å². The summed E-state index contributed by atoms with van der Waals surface area (Å²) in [6.45, 7) is -0.107. The number of rotatable bonds is 7. The predicted molar refractivity (Wildman–Crippen MR) is 76.9 cm³/mol. The highest BCUT2D eigenvalue weighted by Crippen LogP contribution is 2.32. The normalized spacial score (nSPS) is 17.8. The molecule has 0 heterocycles. The Balaban J connectivity index is 1.84. The molecule has 4 N–H and O–H groups in total. The third-order valence-electron chi connectivity index (χ3n) is 3.69. The molecular formula is C15H20F3N3O. The number of nitrogens with two attached hydrogens (primary N) is 1. The van der Waals surface area contributed by atoms with Gasteiger partial charge in [0.05, 0.1) is 6.54 Å². The molecule has 7 heteroatoms. The van der Waals surface area contributed by atoms with E-state index in [1.54, 1.807) is 6.07 Å². The summed E-state index contributed by atoms with van der Waals surface area (Å²) in [5, 5.41) is 4.83. The van der Waals surface area contributed by atoms with Crippen LogP contribution in [-0.4, -0.2) is 31.2 Å². The first-order chi connectivity index (χ1) is 10.4. The third-order valence-corrected chi connectivity index (χ3v) is 3.69. The maximum atomic E-state index is 13.1. The van der Waals surface area contributed by atoms with Crippen LogP contribution < -0.4 is 16.4 Å². The van der Waals surface area contributed by atoms with Crippen molar-refractivity contribution in [2.24, 2.45) is 11.7 Å². The Morgan fingerprint density at radius 1 is 1.27 bits per heavy atom. The summed E-state index contributed by atoms with van der Waals surface area (Å²) in [4.78, 5) is 11.7. The molecule has 1 amide bonds. The highest BCUT2D eigenvalue weighted by atomic mass is 19.4. The highest BCUT2D eigenvalue weighted by molar-refractivity contribution is 5.78. The lowest BCUT2D eigenvalue weighted by molar-refractivity contribution is -0.158. The van der Waals surface area contributed by atoms with Crippen LogP contribution in [0.5, 0.6) is 0 Å². The summed E-state index contributed by atoms with van der Waals surface area (Å²) >= 11 is 0. The van der Waals surface area contributed by atoms with E-state index in [-0.39, 0.29) is 11.6 Å². The minimum absolute atomic E-state index is 0.0810. The lowest BCUT2D eigenvalue weighted by Gasteiger charge is -2.22. The smallest absolute Gasteiger partial charge is 0.353 e. The fourth-order valence-corrected chi connectivity index (χ4v) is 2.25. The SMILES string of the molecule is NC(CNC(=O)CNC(c1ccccc1)C(F)(F)F)C1CC1. The number of carbonyl (C=O) groups is 1. The van der Waals surface area contributed by atoms with Crippen LogP contribution in [0, 0.1) is 5.92 Å². The topological polar surface area (TPSA) is 67.1 Å². The van der Waals surface area contributed by atoms with E-state index in [4.69, 9.17) is 5.73 Å². The molecule has 22 heavy (non-hydrogen) atoms. The molecule has 2 unspecified atom stereocenters. The predicted octanol–water partition coefficient (Wildman–Crippen LogP) is 1.73. The summed E-state index contributed by atoms with van der Waals surface area (Å²) in [5.41, 5.74) is 5.91. The summed E-state index contributed by atoms with van der Waals surface area (Å²) in [7, 11) is 0. The zero-order valence-corrected chi connectivity index (χ0v) is 12.1. The summed E-state index contributed by atoms with van der Waals surface area (Å²) < 4.78 is 39.2. The number of halogens is 3. The Hall–Kier alpha value is -1.60. The molecule has 1 aliphatic rings. The molecule has 1 aromatic rings. The van der Waals surface area contributed by atoms with Crippen molar-refractivity contribution in [3.8, 4) is 0 Å². The molecule has 2 rings (SSSR count). The van der Waals surface area contributed by atoms with E-state index in [0.717, 1.165) is 12.8 Å². The Morgan fingerprint density at radius 2 is 1.91 bits per heavy atom. The van der Waals surface area contributed by atoms with Gasteiger partial charge < -0.3 is 11.1 Å². The molecule has 0 saturated heterocycles. The van der Waals surface area contributed by atoms with Crippen molar-refractivity contribution in [2.45, 2.75) is 31.1 Å². The van der Waals surface area contributed by atoms with Gasteiger partial charge >= 0.3 is 6.18 Å². The van der Waals surface area contributed by atoms with Crippen LogP contribution in [-0.2, 0) is 4.79 Å². The number of amides is 1. The number of carbonyl (C=O) groups excluding carboxylic acids is 1. The first-order valence-electron chi connectivity index (χ1n) is 7.25. The Morgan fingerprint density at radius 3 is 2.45 bits per heavy atom. The maximum absolute atomic E-state index is 13.1. The maximum Gasteiger partial charge on any atom is 0.407 e. The first kappa shape index (κ1) is 16.8. The molecule has 4 nitrogen and oxygen atoms in total. The third kappa shape index (κ3) is 4.99. The van der Waals surface area contributed by atoms with Crippen molar-refractivity contribution >= 4 is 5.91 Å². The zero-order valence-electron chi connectivity index (χ0n) is 12.1. The quantitative estimate of drug-likeness (QED) is 0.718. The van der Waals surface area contributed by atoms with Crippen molar-refractivity contribution in [3.63, 3.8) is 0 Å². The van der Waals surface area contributed by atoms with Gasteiger partial charge in [-0.25, -0.2) is 0 Å². The van der Waals surface area contributed by atoms with E-state index in [1.807, 2.05) is 0 Å². The van der Waals surface area contributed by atoms with E-state index in [0.29, 0.717) is 12.5 Å².